The molecule has 0 bridgehead atoms. The fourth-order valence-electron chi connectivity index (χ4n) is 3.12. The van der Waals surface area contributed by atoms with Gasteiger partial charge in [-0.15, -0.1) is 0 Å². The number of hydrogen-bond acceptors (Lipinski definition) is 3. The van der Waals surface area contributed by atoms with Gasteiger partial charge in [-0.2, -0.15) is 0 Å². The summed E-state index contributed by atoms with van der Waals surface area (Å²) in [5.74, 6) is 0.136. The van der Waals surface area contributed by atoms with E-state index < -0.39 is 0 Å². The number of carbonyl (C=O) groups is 1. The van der Waals surface area contributed by atoms with E-state index >= 15 is 0 Å². The maximum absolute atomic E-state index is 12.3. The maximum Gasteiger partial charge on any atom is 0.237 e. The maximum atomic E-state index is 12.3. The summed E-state index contributed by atoms with van der Waals surface area (Å²) in [7, 11) is 0. The minimum absolute atomic E-state index is 0.0871. The normalized spacial score (nSPS) is 21.1. The average Bonchev–Trinajstić information content (AvgIpc) is 3.35. The summed E-state index contributed by atoms with van der Waals surface area (Å²) in [4.78, 5) is 14.7. The molecule has 21 heavy (non-hydrogen) atoms. The van der Waals surface area contributed by atoms with Gasteiger partial charge in [-0.05, 0) is 36.9 Å². The number of amides is 1. The van der Waals surface area contributed by atoms with Gasteiger partial charge < -0.3 is 10.6 Å². The third-order valence-corrected chi connectivity index (χ3v) is 4.57. The van der Waals surface area contributed by atoms with Crippen LogP contribution in [0.2, 0.25) is 0 Å². The number of rotatable bonds is 6. The molecule has 0 spiro atoms. The van der Waals surface area contributed by atoms with Gasteiger partial charge >= 0.3 is 0 Å². The van der Waals surface area contributed by atoms with Gasteiger partial charge in [-0.3, -0.25) is 9.69 Å². The predicted molar refractivity (Wildman–Crippen MR) is 84.1 cm³/mol. The van der Waals surface area contributed by atoms with Crippen molar-refractivity contribution < 1.29 is 4.79 Å². The van der Waals surface area contributed by atoms with Gasteiger partial charge in [-0.25, -0.2) is 0 Å². The molecule has 0 radical (unpaired) electrons. The van der Waals surface area contributed by atoms with Crippen LogP contribution in [0.1, 0.15) is 30.9 Å². The molecule has 2 N–H and O–H groups in total. The highest BCUT2D eigenvalue weighted by molar-refractivity contribution is 5.82. The molecule has 2 aliphatic rings. The second-order valence-corrected chi connectivity index (χ2v) is 6.06. The Morgan fingerprint density at radius 1 is 1.33 bits per heavy atom. The minimum atomic E-state index is -0.0871. The van der Waals surface area contributed by atoms with Crippen molar-refractivity contribution in [2.24, 2.45) is 0 Å². The third kappa shape index (κ3) is 3.63. The van der Waals surface area contributed by atoms with E-state index in [4.69, 9.17) is 0 Å². The molecule has 1 fully saturated rings. The Morgan fingerprint density at radius 3 is 2.81 bits per heavy atom. The Kier molecular flexibility index (Phi) is 4.56. The molecule has 1 saturated carbocycles. The first-order chi connectivity index (χ1) is 10.3. The highest BCUT2D eigenvalue weighted by Crippen LogP contribution is 2.25. The van der Waals surface area contributed by atoms with Crippen LogP contribution in [0.15, 0.2) is 24.3 Å². The lowest BCUT2D eigenvalue weighted by atomic mass is 9.95. The van der Waals surface area contributed by atoms with Crippen LogP contribution in [-0.2, 0) is 17.8 Å². The van der Waals surface area contributed by atoms with Gasteiger partial charge in [-0.1, -0.05) is 31.2 Å². The first-order valence-corrected chi connectivity index (χ1v) is 8.10. The summed E-state index contributed by atoms with van der Waals surface area (Å²) < 4.78 is 0. The summed E-state index contributed by atoms with van der Waals surface area (Å²) in [6.07, 6.45) is 3.44. The van der Waals surface area contributed by atoms with E-state index in [0.717, 1.165) is 38.6 Å². The lowest BCUT2D eigenvalue weighted by Crippen LogP contribution is -2.49. The molecule has 1 heterocycles. The number of nitrogens with one attached hydrogen (secondary N) is 2. The van der Waals surface area contributed by atoms with Crippen molar-refractivity contribution in [1.82, 2.24) is 15.5 Å². The van der Waals surface area contributed by atoms with Crippen molar-refractivity contribution in [2.45, 2.75) is 44.8 Å². The number of nitrogens with zero attached hydrogens (tertiary/aromatic N) is 1. The fourth-order valence-corrected chi connectivity index (χ4v) is 3.12. The number of hydrogen-bond donors (Lipinski definition) is 2. The van der Waals surface area contributed by atoms with Crippen molar-refractivity contribution in [1.29, 1.82) is 0 Å². The van der Waals surface area contributed by atoms with Crippen LogP contribution in [0.4, 0.5) is 0 Å². The zero-order valence-electron chi connectivity index (χ0n) is 12.8. The van der Waals surface area contributed by atoms with Crippen LogP contribution in [0.5, 0.6) is 0 Å². The van der Waals surface area contributed by atoms with Crippen molar-refractivity contribution in [3.05, 3.63) is 35.4 Å². The van der Waals surface area contributed by atoms with Crippen LogP contribution in [0, 0.1) is 0 Å². The first kappa shape index (κ1) is 14.5. The molecule has 1 aromatic rings. The molecular weight excluding hydrogens is 262 g/mol. The van der Waals surface area contributed by atoms with Crippen molar-refractivity contribution in [3.8, 4) is 0 Å². The van der Waals surface area contributed by atoms with Gasteiger partial charge in [0, 0.05) is 25.7 Å². The number of fused-ring (bicyclic) bond motifs is 1. The molecule has 4 nitrogen and oxygen atoms in total. The van der Waals surface area contributed by atoms with E-state index in [9.17, 15) is 4.79 Å². The highest BCUT2D eigenvalue weighted by Gasteiger charge is 2.28. The summed E-state index contributed by atoms with van der Waals surface area (Å²) >= 11 is 0. The van der Waals surface area contributed by atoms with Gasteiger partial charge in [0.15, 0.2) is 0 Å². The Labute approximate surface area is 126 Å². The molecule has 1 aliphatic heterocycles. The van der Waals surface area contributed by atoms with Gasteiger partial charge in [0.1, 0.15) is 0 Å². The first-order valence-electron chi connectivity index (χ1n) is 8.10. The SMILES string of the molecule is CCN(CCNC(=O)[C@@H]1Cc2ccccc2CN1)C1CC1. The zero-order valence-corrected chi connectivity index (χ0v) is 12.8. The van der Waals surface area contributed by atoms with Crippen LogP contribution in [0.3, 0.4) is 0 Å². The summed E-state index contributed by atoms with van der Waals surface area (Å²) in [6, 6.07) is 9.04. The van der Waals surface area contributed by atoms with E-state index in [1.54, 1.807) is 0 Å². The third-order valence-electron chi connectivity index (χ3n) is 4.57. The smallest absolute Gasteiger partial charge is 0.237 e. The largest absolute Gasteiger partial charge is 0.353 e. The zero-order chi connectivity index (χ0) is 14.7. The fraction of sp³-hybridized carbons (Fsp3) is 0.588. The standard InChI is InChI=1S/C17H25N3O/c1-2-20(15-7-8-15)10-9-18-17(21)16-11-13-5-3-4-6-14(13)12-19-16/h3-6,15-16,19H,2,7-12H2,1H3,(H,18,21)/t16-/m0/s1. The number of likely N-dealkylation sites (N-methyl/N-ethyl adjacent to an activating group) is 1. The van der Waals surface area contributed by atoms with Crippen LogP contribution < -0.4 is 10.6 Å². The molecule has 1 aromatic carbocycles. The Morgan fingerprint density at radius 2 is 2.10 bits per heavy atom. The monoisotopic (exact) mass is 287 g/mol. The molecular formula is C17H25N3O. The van der Waals surface area contributed by atoms with Crippen molar-refractivity contribution >= 4 is 5.91 Å². The molecule has 1 atom stereocenters. The molecule has 1 aliphatic carbocycles. The second kappa shape index (κ2) is 6.58. The number of benzene rings is 1. The Hall–Kier alpha value is -1.39. The summed E-state index contributed by atoms with van der Waals surface area (Å²) in [5, 5.41) is 6.42. The lowest BCUT2D eigenvalue weighted by molar-refractivity contribution is -0.123. The Bertz CT molecular complexity index is 499. The molecule has 4 heteroatoms. The van der Waals surface area contributed by atoms with E-state index in [1.165, 1.54) is 24.0 Å². The van der Waals surface area contributed by atoms with Gasteiger partial charge in [0.05, 0.1) is 6.04 Å². The molecule has 1 amide bonds. The topological polar surface area (TPSA) is 44.4 Å². The molecule has 0 unspecified atom stereocenters. The molecule has 0 aromatic heterocycles. The van der Waals surface area contributed by atoms with Crippen molar-refractivity contribution in [2.75, 3.05) is 19.6 Å². The number of carbonyl (C=O) groups excluding carboxylic acids is 1. The average molecular weight is 287 g/mol. The van der Waals surface area contributed by atoms with E-state index in [2.05, 4.69) is 40.7 Å². The highest BCUT2D eigenvalue weighted by atomic mass is 16.2. The lowest BCUT2D eigenvalue weighted by Gasteiger charge is -2.26. The van der Waals surface area contributed by atoms with Crippen molar-refractivity contribution in [3.63, 3.8) is 0 Å². The molecule has 3 rings (SSSR count). The minimum Gasteiger partial charge on any atom is -0.353 e. The predicted octanol–water partition coefficient (Wildman–Crippen LogP) is 1.30. The van der Waals surface area contributed by atoms with Crippen LogP contribution in [-0.4, -0.2) is 42.5 Å². The molecule has 0 saturated heterocycles. The Balaban J connectivity index is 1.46. The summed E-state index contributed by atoms with van der Waals surface area (Å²) in [6.45, 7) is 5.78. The van der Waals surface area contributed by atoms with E-state index in [0.29, 0.717) is 0 Å². The summed E-state index contributed by atoms with van der Waals surface area (Å²) in [5.41, 5.74) is 2.61. The van der Waals surface area contributed by atoms with E-state index in [1.807, 2.05) is 6.07 Å². The second-order valence-electron chi connectivity index (χ2n) is 6.06. The van der Waals surface area contributed by atoms with Crippen LogP contribution >= 0.6 is 0 Å². The quantitative estimate of drug-likeness (QED) is 0.829. The van der Waals surface area contributed by atoms with Gasteiger partial charge in [0.25, 0.3) is 0 Å². The van der Waals surface area contributed by atoms with Crippen LogP contribution in [0.25, 0.3) is 0 Å². The van der Waals surface area contributed by atoms with Gasteiger partial charge in [0.2, 0.25) is 5.91 Å². The molecule has 114 valence electrons. The van der Waals surface area contributed by atoms with E-state index in [-0.39, 0.29) is 11.9 Å².